The SMILES string of the molecule is CNC(=O)c1csc2c(CC(F)F)cc(N3CCN(CC(=O)NC(C)C)CC3)nc12. The largest absolute Gasteiger partial charge is 0.355 e. The number of nitrogens with zero attached hydrogens (tertiary/aromatic N) is 3. The molecule has 1 saturated heterocycles. The molecule has 1 aliphatic heterocycles. The van der Waals surface area contributed by atoms with Crippen molar-refractivity contribution in [2.75, 3.05) is 44.7 Å². The average Bonchev–Trinajstić information content (AvgIpc) is 3.11. The maximum atomic E-state index is 13.2. The predicted octanol–water partition coefficient (Wildman–Crippen LogP) is 2.11. The van der Waals surface area contributed by atoms with Crippen LogP contribution in [0.2, 0.25) is 0 Å². The van der Waals surface area contributed by atoms with Crippen LogP contribution in [0.3, 0.4) is 0 Å². The van der Waals surface area contributed by atoms with Crippen molar-refractivity contribution in [1.82, 2.24) is 20.5 Å². The van der Waals surface area contributed by atoms with Crippen LogP contribution in [-0.2, 0) is 11.2 Å². The number of amides is 2. The van der Waals surface area contributed by atoms with Crippen LogP contribution in [0.15, 0.2) is 11.4 Å². The van der Waals surface area contributed by atoms with E-state index in [2.05, 4.69) is 20.5 Å². The summed E-state index contributed by atoms with van der Waals surface area (Å²) in [6.07, 6.45) is -2.86. The summed E-state index contributed by atoms with van der Waals surface area (Å²) in [5.41, 5.74) is 1.37. The molecule has 164 valence electrons. The zero-order valence-electron chi connectivity index (χ0n) is 17.4. The fourth-order valence-corrected chi connectivity index (χ4v) is 4.56. The Morgan fingerprint density at radius 1 is 1.23 bits per heavy atom. The zero-order chi connectivity index (χ0) is 21.8. The third kappa shape index (κ3) is 5.23. The maximum Gasteiger partial charge on any atom is 0.254 e. The van der Waals surface area contributed by atoms with E-state index in [4.69, 9.17) is 0 Å². The van der Waals surface area contributed by atoms with Crippen molar-refractivity contribution in [2.45, 2.75) is 32.7 Å². The maximum absolute atomic E-state index is 13.2. The van der Waals surface area contributed by atoms with Gasteiger partial charge in [0, 0.05) is 51.1 Å². The van der Waals surface area contributed by atoms with E-state index in [-0.39, 0.29) is 24.3 Å². The number of carbonyl (C=O) groups is 2. The summed E-state index contributed by atoms with van der Waals surface area (Å²) in [5, 5.41) is 7.13. The Morgan fingerprint density at radius 3 is 2.53 bits per heavy atom. The van der Waals surface area contributed by atoms with Crippen LogP contribution in [-0.4, -0.2) is 73.9 Å². The minimum Gasteiger partial charge on any atom is -0.355 e. The minimum absolute atomic E-state index is 0.00860. The minimum atomic E-state index is -2.48. The molecule has 0 aromatic carbocycles. The van der Waals surface area contributed by atoms with E-state index < -0.39 is 6.43 Å². The summed E-state index contributed by atoms with van der Waals surface area (Å²) in [7, 11) is 1.53. The van der Waals surface area contributed by atoms with Gasteiger partial charge in [-0.2, -0.15) is 0 Å². The van der Waals surface area contributed by atoms with E-state index in [1.54, 1.807) is 11.4 Å². The number of hydrogen-bond acceptors (Lipinski definition) is 6. The van der Waals surface area contributed by atoms with E-state index in [0.29, 0.717) is 59.9 Å². The van der Waals surface area contributed by atoms with Crippen molar-refractivity contribution < 1.29 is 18.4 Å². The molecule has 30 heavy (non-hydrogen) atoms. The molecular weight excluding hydrogens is 412 g/mol. The smallest absolute Gasteiger partial charge is 0.254 e. The summed E-state index contributed by atoms with van der Waals surface area (Å²) in [6, 6.07) is 1.81. The molecule has 0 bridgehead atoms. The van der Waals surface area contributed by atoms with Crippen LogP contribution in [0, 0.1) is 0 Å². The second-order valence-electron chi connectivity index (χ2n) is 7.63. The van der Waals surface area contributed by atoms with Crippen LogP contribution in [0.4, 0.5) is 14.6 Å². The Kier molecular flexibility index (Phi) is 7.19. The summed E-state index contributed by atoms with van der Waals surface area (Å²) >= 11 is 1.27. The lowest BCUT2D eigenvalue weighted by Crippen LogP contribution is -2.50. The first-order valence-corrected chi connectivity index (χ1v) is 10.8. The fourth-order valence-electron chi connectivity index (χ4n) is 3.54. The van der Waals surface area contributed by atoms with E-state index in [9.17, 15) is 18.4 Å². The Hall–Kier alpha value is -2.33. The second-order valence-corrected chi connectivity index (χ2v) is 8.51. The number of rotatable bonds is 7. The van der Waals surface area contributed by atoms with E-state index in [1.165, 1.54) is 18.4 Å². The summed E-state index contributed by atoms with van der Waals surface area (Å²) in [6.45, 7) is 6.77. The zero-order valence-corrected chi connectivity index (χ0v) is 18.2. The number of anilines is 1. The van der Waals surface area contributed by atoms with Crippen molar-refractivity contribution in [3.63, 3.8) is 0 Å². The van der Waals surface area contributed by atoms with Gasteiger partial charge in [0.05, 0.1) is 22.3 Å². The quantitative estimate of drug-likeness (QED) is 0.691. The molecule has 7 nitrogen and oxygen atoms in total. The van der Waals surface area contributed by atoms with Gasteiger partial charge in [-0.05, 0) is 25.5 Å². The molecule has 2 aromatic heterocycles. The molecule has 10 heteroatoms. The molecule has 0 saturated carbocycles. The molecular formula is C20H27F2N5O2S. The molecule has 2 aromatic rings. The molecule has 2 N–H and O–H groups in total. The first-order chi connectivity index (χ1) is 14.3. The van der Waals surface area contributed by atoms with Crippen LogP contribution in [0.1, 0.15) is 29.8 Å². The molecule has 1 fully saturated rings. The van der Waals surface area contributed by atoms with Gasteiger partial charge >= 0.3 is 0 Å². The first-order valence-electron chi connectivity index (χ1n) is 9.96. The van der Waals surface area contributed by atoms with Gasteiger partial charge in [-0.3, -0.25) is 14.5 Å². The van der Waals surface area contributed by atoms with Crippen molar-refractivity contribution >= 4 is 39.2 Å². The number of thiophene rings is 1. The fraction of sp³-hybridized carbons (Fsp3) is 0.550. The number of fused-ring (bicyclic) bond motifs is 1. The number of hydrogen-bond donors (Lipinski definition) is 2. The second kappa shape index (κ2) is 9.65. The Morgan fingerprint density at radius 2 is 1.93 bits per heavy atom. The number of alkyl halides is 2. The molecule has 0 atom stereocenters. The standard InChI is InChI=1S/C20H27F2N5O2S/c1-12(2)24-17(28)10-26-4-6-27(7-5-26)16-9-13(8-15(21)22)19-18(25-16)14(11-30-19)20(29)23-3/h9,11-12,15H,4-8,10H2,1-3H3,(H,23,29)(H,24,28). The Balaban J connectivity index is 1.80. The molecule has 0 spiro atoms. The molecule has 0 radical (unpaired) electrons. The lowest BCUT2D eigenvalue weighted by Gasteiger charge is -2.35. The van der Waals surface area contributed by atoms with Crippen molar-refractivity contribution in [2.24, 2.45) is 0 Å². The van der Waals surface area contributed by atoms with Crippen LogP contribution >= 0.6 is 11.3 Å². The normalized spacial score (nSPS) is 15.2. The molecule has 0 unspecified atom stereocenters. The van der Waals surface area contributed by atoms with Crippen LogP contribution in [0.5, 0.6) is 0 Å². The predicted molar refractivity (Wildman–Crippen MR) is 115 cm³/mol. The van der Waals surface area contributed by atoms with E-state index in [1.807, 2.05) is 18.7 Å². The highest BCUT2D eigenvalue weighted by molar-refractivity contribution is 7.17. The third-order valence-electron chi connectivity index (χ3n) is 4.95. The lowest BCUT2D eigenvalue weighted by atomic mass is 10.1. The lowest BCUT2D eigenvalue weighted by molar-refractivity contribution is -0.122. The number of aromatic nitrogens is 1. The van der Waals surface area contributed by atoms with Gasteiger partial charge in [-0.15, -0.1) is 11.3 Å². The van der Waals surface area contributed by atoms with Gasteiger partial charge in [0.1, 0.15) is 5.82 Å². The summed E-state index contributed by atoms with van der Waals surface area (Å²) in [5.74, 6) is 0.300. The molecule has 3 rings (SSSR count). The van der Waals surface area contributed by atoms with E-state index >= 15 is 0 Å². The van der Waals surface area contributed by atoms with Gasteiger partial charge < -0.3 is 15.5 Å². The summed E-state index contributed by atoms with van der Waals surface area (Å²) < 4.78 is 27.0. The molecule has 2 amide bonds. The number of nitrogens with one attached hydrogen (secondary N) is 2. The summed E-state index contributed by atoms with van der Waals surface area (Å²) in [4.78, 5) is 32.9. The van der Waals surface area contributed by atoms with Gasteiger partial charge in [0.15, 0.2) is 0 Å². The Labute approximate surface area is 178 Å². The van der Waals surface area contributed by atoms with Gasteiger partial charge in [-0.1, -0.05) is 0 Å². The van der Waals surface area contributed by atoms with Gasteiger partial charge in [-0.25, -0.2) is 13.8 Å². The topological polar surface area (TPSA) is 77.6 Å². The average molecular weight is 440 g/mol. The molecule has 1 aliphatic rings. The molecule has 0 aliphatic carbocycles. The van der Waals surface area contributed by atoms with E-state index in [0.717, 1.165) is 0 Å². The van der Waals surface area contributed by atoms with Crippen molar-refractivity contribution in [3.8, 4) is 0 Å². The van der Waals surface area contributed by atoms with Crippen molar-refractivity contribution in [3.05, 3.63) is 22.6 Å². The third-order valence-corrected chi connectivity index (χ3v) is 5.99. The highest BCUT2D eigenvalue weighted by Crippen LogP contribution is 2.32. The number of carbonyl (C=O) groups excluding carboxylic acids is 2. The highest BCUT2D eigenvalue weighted by atomic mass is 32.1. The highest BCUT2D eigenvalue weighted by Gasteiger charge is 2.23. The Bertz CT molecular complexity index is 910. The van der Waals surface area contributed by atoms with Gasteiger partial charge in [0.25, 0.3) is 5.91 Å². The monoisotopic (exact) mass is 439 g/mol. The number of piperazine rings is 1. The van der Waals surface area contributed by atoms with Crippen LogP contribution < -0.4 is 15.5 Å². The van der Waals surface area contributed by atoms with Gasteiger partial charge in [0.2, 0.25) is 12.3 Å². The number of halogens is 2. The first kappa shape index (κ1) is 22.4. The van der Waals surface area contributed by atoms with Crippen LogP contribution in [0.25, 0.3) is 10.2 Å². The van der Waals surface area contributed by atoms with Crippen molar-refractivity contribution in [1.29, 1.82) is 0 Å². The number of pyridine rings is 1. The molecule has 3 heterocycles.